The number of ether oxygens (including phenoxy) is 2. The fourth-order valence-electron chi connectivity index (χ4n) is 4.44. The van der Waals surface area contributed by atoms with E-state index in [1.807, 2.05) is 18.2 Å². The van der Waals surface area contributed by atoms with Crippen LogP contribution in [0.2, 0.25) is 0 Å². The van der Waals surface area contributed by atoms with Gasteiger partial charge in [-0.25, -0.2) is 0 Å². The van der Waals surface area contributed by atoms with Crippen molar-refractivity contribution >= 4 is 5.91 Å². The molecule has 2 aliphatic rings. The van der Waals surface area contributed by atoms with E-state index >= 15 is 0 Å². The number of carbonyl (C=O) groups is 1. The summed E-state index contributed by atoms with van der Waals surface area (Å²) in [6.07, 6.45) is 2.57. The van der Waals surface area contributed by atoms with E-state index < -0.39 is 0 Å². The molecule has 0 bridgehead atoms. The van der Waals surface area contributed by atoms with E-state index in [-0.39, 0.29) is 24.0 Å². The number of hydrogen-bond donors (Lipinski definition) is 1. The summed E-state index contributed by atoms with van der Waals surface area (Å²) in [6, 6.07) is 19.0. The van der Waals surface area contributed by atoms with Crippen LogP contribution in [-0.2, 0) is 20.7 Å². The number of amides is 1. The Morgan fingerprint density at radius 3 is 2.59 bits per heavy atom. The highest BCUT2D eigenvalue weighted by atomic mass is 16.5. The van der Waals surface area contributed by atoms with Gasteiger partial charge in [0.25, 0.3) is 0 Å². The number of benzene rings is 2. The van der Waals surface area contributed by atoms with Gasteiger partial charge in [0.05, 0.1) is 12.7 Å². The van der Waals surface area contributed by atoms with E-state index in [4.69, 9.17) is 9.47 Å². The largest absolute Gasteiger partial charge is 0.384 e. The molecule has 0 aromatic heterocycles. The quantitative estimate of drug-likeness (QED) is 0.817. The summed E-state index contributed by atoms with van der Waals surface area (Å²) in [4.78, 5) is 12.5. The average molecular weight is 365 g/mol. The number of carbonyl (C=O) groups excluding carboxylic acids is 1. The van der Waals surface area contributed by atoms with Gasteiger partial charge in [0.1, 0.15) is 0 Å². The molecule has 1 saturated heterocycles. The summed E-state index contributed by atoms with van der Waals surface area (Å²) in [5.41, 5.74) is 3.60. The first-order valence-corrected chi connectivity index (χ1v) is 9.80. The Kier molecular flexibility index (Phi) is 5.55. The smallest absolute Gasteiger partial charge is 0.220 e. The number of methoxy groups -OCH3 is 1. The van der Waals surface area contributed by atoms with Crippen molar-refractivity contribution in [3.8, 4) is 11.1 Å². The van der Waals surface area contributed by atoms with Crippen molar-refractivity contribution in [1.82, 2.24) is 5.32 Å². The standard InChI is InChI=1S/C23H27NO3/c1-26-15-20-22(19-13-14-27-23(19)20)24-21(25)12-9-16-7-10-18(11-8-16)17-5-3-2-4-6-17/h2-8,10-11,19-20,22-23H,9,12-15H2,1H3,(H,24,25)/t19-,20+,22+,23-/m1/s1. The van der Waals surface area contributed by atoms with E-state index in [2.05, 4.69) is 41.7 Å². The molecule has 0 spiro atoms. The van der Waals surface area contributed by atoms with Crippen LogP contribution in [0, 0.1) is 11.8 Å². The number of fused-ring (bicyclic) bond motifs is 1. The monoisotopic (exact) mass is 365 g/mol. The Morgan fingerprint density at radius 2 is 1.85 bits per heavy atom. The molecule has 1 amide bonds. The van der Waals surface area contributed by atoms with Crippen LogP contribution in [0.3, 0.4) is 0 Å². The van der Waals surface area contributed by atoms with Gasteiger partial charge in [-0.2, -0.15) is 0 Å². The second-order valence-corrected chi connectivity index (χ2v) is 7.56. The molecule has 4 rings (SSSR count). The molecule has 142 valence electrons. The third kappa shape index (κ3) is 3.92. The molecule has 4 heteroatoms. The Morgan fingerprint density at radius 1 is 1.11 bits per heavy atom. The molecule has 0 unspecified atom stereocenters. The molecule has 1 saturated carbocycles. The number of rotatable bonds is 7. The number of hydrogen-bond acceptors (Lipinski definition) is 3. The molecular formula is C23H27NO3. The Labute approximate surface area is 160 Å². The molecule has 2 aromatic carbocycles. The van der Waals surface area contributed by atoms with Crippen LogP contribution >= 0.6 is 0 Å². The molecule has 27 heavy (non-hydrogen) atoms. The van der Waals surface area contributed by atoms with Crippen LogP contribution in [0.5, 0.6) is 0 Å². The van der Waals surface area contributed by atoms with Gasteiger partial charge in [0, 0.05) is 38.0 Å². The minimum Gasteiger partial charge on any atom is -0.384 e. The van der Waals surface area contributed by atoms with Crippen LogP contribution in [0.15, 0.2) is 54.6 Å². The zero-order chi connectivity index (χ0) is 18.6. The van der Waals surface area contributed by atoms with E-state index in [0.29, 0.717) is 18.9 Å². The average Bonchev–Trinajstić information content (AvgIpc) is 3.14. The van der Waals surface area contributed by atoms with Gasteiger partial charge in [-0.05, 0) is 29.5 Å². The number of aryl methyl sites for hydroxylation is 1. The van der Waals surface area contributed by atoms with Crippen molar-refractivity contribution in [3.05, 3.63) is 60.2 Å². The van der Waals surface area contributed by atoms with E-state index in [1.54, 1.807) is 7.11 Å². The minimum absolute atomic E-state index is 0.124. The normalized spacial score (nSPS) is 26.3. The van der Waals surface area contributed by atoms with E-state index in [1.165, 1.54) is 16.7 Å². The zero-order valence-corrected chi connectivity index (χ0v) is 15.8. The molecule has 4 nitrogen and oxygen atoms in total. The van der Waals surface area contributed by atoms with Crippen molar-refractivity contribution in [1.29, 1.82) is 0 Å². The molecule has 1 heterocycles. The van der Waals surface area contributed by atoms with Gasteiger partial charge in [0.15, 0.2) is 0 Å². The Bertz CT molecular complexity index is 759. The topological polar surface area (TPSA) is 47.6 Å². The summed E-state index contributed by atoms with van der Waals surface area (Å²) in [5.74, 6) is 0.870. The Hall–Kier alpha value is -2.17. The van der Waals surface area contributed by atoms with Crippen molar-refractivity contribution in [2.45, 2.75) is 31.4 Å². The second-order valence-electron chi connectivity index (χ2n) is 7.56. The molecule has 1 N–H and O–H groups in total. The summed E-state index contributed by atoms with van der Waals surface area (Å²) in [6.45, 7) is 1.45. The zero-order valence-electron chi connectivity index (χ0n) is 15.8. The van der Waals surface area contributed by atoms with Gasteiger partial charge < -0.3 is 14.8 Å². The van der Waals surface area contributed by atoms with Crippen LogP contribution in [0.4, 0.5) is 0 Å². The summed E-state index contributed by atoms with van der Waals surface area (Å²) in [7, 11) is 1.71. The lowest BCUT2D eigenvalue weighted by Gasteiger charge is -2.47. The molecule has 1 aliphatic carbocycles. The van der Waals surface area contributed by atoms with Gasteiger partial charge in [-0.3, -0.25) is 4.79 Å². The van der Waals surface area contributed by atoms with E-state index in [9.17, 15) is 4.79 Å². The van der Waals surface area contributed by atoms with Gasteiger partial charge in [0.2, 0.25) is 5.91 Å². The molecule has 1 aliphatic heterocycles. The highest BCUT2D eigenvalue weighted by Crippen LogP contribution is 2.43. The molecule has 0 radical (unpaired) electrons. The van der Waals surface area contributed by atoms with E-state index in [0.717, 1.165) is 19.4 Å². The lowest BCUT2D eigenvalue weighted by Crippen LogP contribution is -2.62. The van der Waals surface area contributed by atoms with Crippen molar-refractivity contribution in [3.63, 3.8) is 0 Å². The minimum atomic E-state index is 0.124. The summed E-state index contributed by atoms with van der Waals surface area (Å²) >= 11 is 0. The van der Waals surface area contributed by atoms with Crippen LogP contribution in [-0.4, -0.2) is 38.4 Å². The van der Waals surface area contributed by atoms with Crippen molar-refractivity contribution in [2.75, 3.05) is 20.3 Å². The lowest BCUT2D eigenvalue weighted by atomic mass is 9.67. The fourth-order valence-corrected chi connectivity index (χ4v) is 4.44. The maximum absolute atomic E-state index is 12.5. The van der Waals surface area contributed by atoms with Gasteiger partial charge in [-0.1, -0.05) is 54.6 Å². The van der Waals surface area contributed by atoms with Crippen LogP contribution in [0.25, 0.3) is 11.1 Å². The SMILES string of the molecule is COC[C@H]1[C@@H](NC(=O)CCc2ccc(-c3ccccc3)cc2)[C@H]2CCO[C@H]21. The first kappa shape index (κ1) is 18.2. The summed E-state index contributed by atoms with van der Waals surface area (Å²) in [5, 5.41) is 3.23. The second kappa shape index (κ2) is 8.24. The first-order valence-electron chi connectivity index (χ1n) is 9.80. The number of nitrogens with one attached hydrogen (secondary N) is 1. The fraction of sp³-hybridized carbons (Fsp3) is 0.435. The maximum Gasteiger partial charge on any atom is 0.220 e. The van der Waals surface area contributed by atoms with Gasteiger partial charge >= 0.3 is 0 Å². The molecule has 4 atom stereocenters. The Balaban J connectivity index is 1.29. The highest BCUT2D eigenvalue weighted by molar-refractivity contribution is 5.77. The molecule has 2 aromatic rings. The van der Waals surface area contributed by atoms with Gasteiger partial charge in [-0.15, -0.1) is 0 Å². The van der Waals surface area contributed by atoms with Crippen LogP contribution in [0.1, 0.15) is 18.4 Å². The summed E-state index contributed by atoms with van der Waals surface area (Å²) < 4.78 is 11.1. The van der Waals surface area contributed by atoms with Crippen LogP contribution < -0.4 is 5.32 Å². The third-order valence-corrected chi connectivity index (χ3v) is 5.92. The lowest BCUT2D eigenvalue weighted by molar-refractivity contribution is -0.129. The predicted octanol–water partition coefficient (Wildman–Crippen LogP) is 3.45. The maximum atomic E-state index is 12.5. The molecular weight excluding hydrogens is 338 g/mol. The van der Waals surface area contributed by atoms with Crippen molar-refractivity contribution < 1.29 is 14.3 Å². The molecule has 2 fully saturated rings. The third-order valence-electron chi connectivity index (χ3n) is 5.92. The predicted molar refractivity (Wildman–Crippen MR) is 105 cm³/mol. The van der Waals surface area contributed by atoms with Crippen molar-refractivity contribution in [2.24, 2.45) is 11.8 Å². The highest BCUT2D eigenvalue weighted by Gasteiger charge is 2.54. The first-order chi connectivity index (χ1) is 13.3.